The fraction of sp³-hybridized carbons (Fsp3) is 0.600. The average molecular weight is 249 g/mol. The third kappa shape index (κ3) is 3.80. The molecule has 1 atom stereocenters. The first-order chi connectivity index (χ1) is 8.85. The average Bonchev–Trinajstić information content (AvgIpc) is 2.89. The second-order valence-corrected chi connectivity index (χ2v) is 4.96. The Morgan fingerprint density at radius 1 is 1.33 bits per heavy atom. The molecule has 1 unspecified atom stereocenters. The number of rotatable bonds is 7. The molecule has 100 valence electrons. The van der Waals surface area contributed by atoms with E-state index in [4.69, 9.17) is 9.47 Å². The topological polar surface area (TPSA) is 30.5 Å². The number of benzene rings is 1. The Morgan fingerprint density at radius 2 is 2.17 bits per heavy atom. The lowest BCUT2D eigenvalue weighted by Gasteiger charge is -2.26. The summed E-state index contributed by atoms with van der Waals surface area (Å²) in [7, 11) is 1.78. The van der Waals surface area contributed by atoms with Crippen LogP contribution >= 0.6 is 0 Å². The molecule has 0 amide bonds. The van der Waals surface area contributed by atoms with Crippen molar-refractivity contribution in [2.75, 3.05) is 33.4 Å². The van der Waals surface area contributed by atoms with Gasteiger partial charge in [-0.3, -0.25) is 0 Å². The highest BCUT2D eigenvalue weighted by Gasteiger charge is 2.34. The van der Waals surface area contributed by atoms with Gasteiger partial charge in [0.2, 0.25) is 0 Å². The predicted molar refractivity (Wildman–Crippen MR) is 72.8 cm³/mol. The van der Waals surface area contributed by atoms with Crippen molar-refractivity contribution < 1.29 is 9.47 Å². The third-order valence-corrected chi connectivity index (χ3v) is 3.61. The van der Waals surface area contributed by atoms with Crippen LogP contribution in [0.25, 0.3) is 0 Å². The Balaban J connectivity index is 1.61. The van der Waals surface area contributed by atoms with E-state index in [9.17, 15) is 0 Å². The van der Waals surface area contributed by atoms with Gasteiger partial charge in [-0.25, -0.2) is 0 Å². The van der Waals surface area contributed by atoms with Gasteiger partial charge in [-0.15, -0.1) is 0 Å². The number of hydrogen-bond donors (Lipinski definition) is 1. The van der Waals surface area contributed by atoms with E-state index in [0.717, 1.165) is 45.6 Å². The molecule has 2 rings (SSSR count). The van der Waals surface area contributed by atoms with Crippen molar-refractivity contribution in [3.63, 3.8) is 0 Å². The van der Waals surface area contributed by atoms with Crippen LogP contribution in [0.4, 0.5) is 0 Å². The van der Waals surface area contributed by atoms with Crippen LogP contribution in [0.3, 0.4) is 0 Å². The fourth-order valence-corrected chi connectivity index (χ4v) is 2.34. The van der Waals surface area contributed by atoms with Gasteiger partial charge < -0.3 is 14.8 Å². The molecule has 1 saturated heterocycles. The van der Waals surface area contributed by atoms with Crippen LogP contribution < -0.4 is 5.32 Å². The van der Waals surface area contributed by atoms with Crippen molar-refractivity contribution >= 4 is 0 Å². The monoisotopic (exact) mass is 249 g/mol. The first kappa shape index (κ1) is 13.5. The number of methoxy groups -OCH3 is 1. The lowest BCUT2D eigenvalue weighted by molar-refractivity contribution is -0.0156. The van der Waals surface area contributed by atoms with Gasteiger partial charge in [0.05, 0.1) is 6.61 Å². The van der Waals surface area contributed by atoms with Gasteiger partial charge in [0.25, 0.3) is 0 Å². The standard InChI is InChI=1S/C15H23NO2/c1-17-15(9-11-18-13-15)12-16-10-5-8-14-6-3-2-4-7-14/h2-4,6-7,16H,5,8-13H2,1H3. The van der Waals surface area contributed by atoms with Crippen molar-refractivity contribution in [3.05, 3.63) is 35.9 Å². The smallest absolute Gasteiger partial charge is 0.106 e. The van der Waals surface area contributed by atoms with Crippen LogP contribution in [-0.4, -0.2) is 39.0 Å². The third-order valence-electron chi connectivity index (χ3n) is 3.61. The molecule has 18 heavy (non-hydrogen) atoms. The molecule has 0 bridgehead atoms. The van der Waals surface area contributed by atoms with Gasteiger partial charge in [-0.05, 0) is 24.9 Å². The Hall–Kier alpha value is -0.900. The molecule has 0 saturated carbocycles. The van der Waals surface area contributed by atoms with Crippen LogP contribution in [0.1, 0.15) is 18.4 Å². The van der Waals surface area contributed by atoms with Gasteiger partial charge >= 0.3 is 0 Å². The van der Waals surface area contributed by atoms with E-state index in [1.807, 2.05) is 0 Å². The van der Waals surface area contributed by atoms with Crippen LogP contribution in [0.15, 0.2) is 30.3 Å². The first-order valence-corrected chi connectivity index (χ1v) is 6.72. The second-order valence-electron chi connectivity index (χ2n) is 4.96. The highest BCUT2D eigenvalue weighted by molar-refractivity contribution is 5.14. The minimum Gasteiger partial charge on any atom is -0.378 e. The Morgan fingerprint density at radius 3 is 2.83 bits per heavy atom. The van der Waals surface area contributed by atoms with Crippen molar-refractivity contribution in [1.29, 1.82) is 0 Å². The molecular formula is C15H23NO2. The molecule has 1 aromatic rings. The summed E-state index contributed by atoms with van der Waals surface area (Å²) in [6, 6.07) is 10.6. The van der Waals surface area contributed by atoms with Gasteiger partial charge in [0.15, 0.2) is 0 Å². The van der Waals surface area contributed by atoms with E-state index in [-0.39, 0.29) is 5.60 Å². The SMILES string of the molecule is COC1(CNCCCc2ccccc2)CCOC1. The quantitative estimate of drug-likeness (QED) is 0.750. The van der Waals surface area contributed by atoms with E-state index in [2.05, 4.69) is 35.6 Å². The second kappa shape index (κ2) is 6.88. The molecule has 0 aliphatic carbocycles. The lowest BCUT2D eigenvalue weighted by atomic mass is 10.0. The molecule has 3 heteroatoms. The highest BCUT2D eigenvalue weighted by atomic mass is 16.5. The van der Waals surface area contributed by atoms with Gasteiger partial charge in [-0.2, -0.15) is 0 Å². The summed E-state index contributed by atoms with van der Waals surface area (Å²) in [5.74, 6) is 0. The van der Waals surface area contributed by atoms with E-state index in [0.29, 0.717) is 0 Å². The zero-order valence-corrected chi connectivity index (χ0v) is 11.2. The summed E-state index contributed by atoms with van der Waals surface area (Å²) in [5.41, 5.74) is 1.32. The Labute approximate surface area is 109 Å². The molecule has 0 spiro atoms. The van der Waals surface area contributed by atoms with Gasteiger partial charge in [-0.1, -0.05) is 30.3 Å². The molecule has 1 aromatic carbocycles. The van der Waals surface area contributed by atoms with Crippen molar-refractivity contribution in [3.8, 4) is 0 Å². The lowest BCUT2D eigenvalue weighted by Crippen LogP contribution is -2.43. The highest BCUT2D eigenvalue weighted by Crippen LogP contribution is 2.21. The first-order valence-electron chi connectivity index (χ1n) is 6.72. The Bertz CT molecular complexity index is 334. The molecule has 1 fully saturated rings. The van der Waals surface area contributed by atoms with Crippen LogP contribution in [-0.2, 0) is 15.9 Å². The molecule has 0 radical (unpaired) electrons. The molecule has 0 aromatic heterocycles. The largest absolute Gasteiger partial charge is 0.378 e. The van der Waals surface area contributed by atoms with Crippen LogP contribution in [0.5, 0.6) is 0 Å². The van der Waals surface area contributed by atoms with E-state index >= 15 is 0 Å². The maximum atomic E-state index is 5.58. The summed E-state index contributed by atoms with van der Waals surface area (Å²) in [5, 5.41) is 3.48. The van der Waals surface area contributed by atoms with E-state index < -0.39 is 0 Å². The fourth-order valence-electron chi connectivity index (χ4n) is 2.34. The number of nitrogens with one attached hydrogen (secondary N) is 1. The molecule has 1 aliphatic heterocycles. The summed E-state index contributed by atoms with van der Waals surface area (Å²) in [4.78, 5) is 0. The number of hydrogen-bond acceptors (Lipinski definition) is 3. The summed E-state index contributed by atoms with van der Waals surface area (Å²) in [6.07, 6.45) is 3.28. The summed E-state index contributed by atoms with van der Waals surface area (Å²) >= 11 is 0. The van der Waals surface area contributed by atoms with E-state index in [1.165, 1.54) is 5.56 Å². The van der Waals surface area contributed by atoms with E-state index in [1.54, 1.807) is 7.11 Å². The molecule has 1 aliphatic rings. The zero-order chi connectivity index (χ0) is 12.7. The number of ether oxygens (including phenoxy) is 2. The Kier molecular flexibility index (Phi) is 5.17. The van der Waals surface area contributed by atoms with Crippen LogP contribution in [0, 0.1) is 0 Å². The van der Waals surface area contributed by atoms with Gasteiger partial charge in [0.1, 0.15) is 5.60 Å². The predicted octanol–water partition coefficient (Wildman–Crippen LogP) is 2.01. The van der Waals surface area contributed by atoms with Crippen LogP contribution in [0.2, 0.25) is 0 Å². The van der Waals surface area contributed by atoms with Crippen molar-refractivity contribution in [2.24, 2.45) is 0 Å². The molecular weight excluding hydrogens is 226 g/mol. The zero-order valence-electron chi connectivity index (χ0n) is 11.2. The van der Waals surface area contributed by atoms with Crippen molar-refractivity contribution in [1.82, 2.24) is 5.32 Å². The normalized spacial score (nSPS) is 23.4. The summed E-state index contributed by atoms with van der Waals surface area (Å²) < 4.78 is 11.0. The summed E-state index contributed by atoms with van der Waals surface area (Å²) in [6.45, 7) is 3.45. The minimum atomic E-state index is -0.0905. The molecule has 3 nitrogen and oxygen atoms in total. The maximum Gasteiger partial charge on any atom is 0.106 e. The number of aryl methyl sites for hydroxylation is 1. The van der Waals surface area contributed by atoms with Crippen molar-refractivity contribution in [2.45, 2.75) is 24.9 Å². The minimum absolute atomic E-state index is 0.0905. The molecule has 1 N–H and O–H groups in total. The maximum absolute atomic E-state index is 5.58. The van der Waals surface area contributed by atoms with Gasteiger partial charge in [0, 0.05) is 26.7 Å². The molecule has 1 heterocycles.